The van der Waals surface area contributed by atoms with Gasteiger partial charge in [-0.1, -0.05) is 0 Å². The molecule has 0 radical (unpaired) electrons. The zero-order valence-corrected chi connectivity index (χ0v) is 6.76. The molecule has 1 atom stereocenters. The third-order valence-corrected chi connectivity index (χ3v) is 1.56. The smallest absolute Gasteiger partial charge is 0.267 e. The third kappa shape index (κ3) is 1.85. The SMILES string of the molecule is CN1N=CN(C(F)(F)F)C1C(F)(F)F. The number of halogens is 6. The number of alkyl halides is 6. The molecule has 0 amide bonds. The van der Waals surface area contributed by atoms with Gasteiger partial charge < -0.3 is 0 Å². The van der Waals surface area contributed by atoms with Crippen molar-refractivity contribution in [2.45, 2.75) is 18.6 Å². The lowest BCUT2D eigenvalue weighted by Crippen LogP contribution is -2.54. The molecule has 82 valence electrons. The van der Waals surface area contributed by atoms with Crippen LogP contribution in [0.25, 0.3) is 0 Å². The molecule has 1 rings (SSSR count). The summed E-state index contributed by atoms with van der Waals surface area (Å²) in [7, 11) is 0.820. The van der Waals surface area contributed by atoms with E-state index in [0.717, 1.165) is 7.05 Å². The molecule has 3 nitrogen and oxygen atoms in total. The number of rotatable bonds is 0. The maximum atomic E-state index is 12.1. The number of hydrogen-bond acceptors (Lipinski definition) is 3. The molecule has 0 aromatic rings. The summed E-state index contributed by atoms with van der Waals surface area (Å²) in [6, 6.07) is 0. The summed E-state index contributed by atoms with van der Waals surface area (Å²) in [5, 5.41) is 3.13. The Balaban J connectivity index is 2.93. The minimum atomic E-state index is -5.09. The van der Waals surface area contributed by atoms with Gasteiger partial charge in [0.25, 0.3) is 0 Å². The van der Waals surface area contributed by atoms with Gasteiger partial charge in [0.2, 0.25) is 6.17 Å². The Hall–Kier alpha value is -1.15. The second-order valence-electron chi connectivity index (χ2n) is 2.59. The lowest BCUT2D eigenvalue weighted by molar-refractivity contribution is -0.289. The van der Waals surface area contributed by atoms with Crippen molar-refractivity contribution >= 4 is 6.34 Å². The minimum Gasteiger partial charge on any atom is -0.267 e. The third-order valence-electron chi connectivity index (χ3n) is 1.56. The lowest BCUT2D eigenvalue weighted by Gasteiger charge is -2.30. The predicted octanol–water partition coefficient (Wildman–Crippen LogP) is 1.59. The number of nitrogens with zero attached hydrogens (tertiary/aromatic N) is 3. The fraction of sp³-hybridized carbons (Fsp3) is 0.800. The van der Waals surface area contributed by atoms with Crippen LogP contribution in [0.15, 0.2) is 5.10 Å². The maximum absolute atomic E-state index is 12.1. The molecular formula is C5H5F6N3. The molecule has 1 unspecified atom stereocenters. The van der Waals surface area contributed by atoms with Gasteiger partial charge in [0.15, 0.2) is 0 Å². The molecule has 0 saturated carbocycles. The fourth-order valence-electron chi connectivity index (χ4n) is 1.02. The quantitative estimate of drug-likeness (QED) is 0.457. The molecular weight excluding hydrogens is 216 g/mol. The summed E-state index contributed by atoms with van der Waals surface area (Å²) >= 11 is 0. The van der Waals surface area contributed by atoms with Gasteiger partial charge in [-0.05, 0) is 0 Å². The molecule has 14 heavy (non-hydrogen) atoms. The Kier molecular flexibility index (Phi) is 2.28. The Labute approximate surface area is 74.6 Å². The molecule has 1 heterocycles. The molecule has 0 spiro atoms. The number of hydrazone groups is 1. The topological polar surface area (TPSA) is 18.8 Å². The monoisotopic (exact) mass is 221 g/mol. The summed E-state index contributed by atoms with van der Waals surface area (Å²) in [6.45, 7) is 0. The van der Waals surface area contributed by atoms with Crippen LogP contribution in [0.3, 0.4) is 0 Å². The zero-order valence-electron chi connectivity index (χ0n) is 6.76. The van der Waals surface area contributed by atoms with Crippen LogP contribution in [0.4, 0.5) is 26.3 Å². The Bertz CT molecular complexity index is 243. The van der Waals surface area contributed by atoms with Crippen LogP contribution >= 0.6 is 0 Å². The van der Waals surface area contributed by atoms with E-state index in [4.69, 9.17) is 0 Å². The minimum absolute atomic E-state index is 0.109. The van der Waals surface area contributed by atoms with Crippen LogP contribution in [0, 0.1) is 0 Å². The van der Waals surface area contributed by atoms with E-state index in [-0.39, 0.29) is 11.3 Å². The Morgan fingerprint density at radius 1 is 1.14 bits per heavy atom. The highest BCUT2D eigenvalue weighted by molar-refractivity contribution is 5.57. The van der Waals surface area contributed by atoms with Crippen molar-refractivity contribution in [3.8, 4) is 0 Å². The van der Waals surface area contributed by atoms with Crippen molar-refractivity contribution < 1.29 is 26.3 Å². The molecule has 0 aromatic heterocycles. The van der Waals surface area contributed by atoms with Crippen molar-refractivity contribution in [2.24, 2.45) is 5.10 Å². The summed E-state index contributed by atoms with van der Waals surface area (Å²) in [5.74, 6) is 0. The predicted molar refractivity (Wildman–Crippen MR) is 34.0 cm³/mol. The van der Waals surface area contributed by atoms with E-state index in [1.807, 2.05) is 0 Å². The molecule has 1 aliphatic rings. The van der Waals surface area contributed by atoms with E-state index in [1.165, 1.54) is 0 Å². The summed E-state index contributed by atoms with van der Waals surface area (Å²) in [6.07, 6.45) is -12.8. The first-order chi connectivity index (χ1) is 6.14. The van der Waals surface area contributed by atoms with E-state index < -0.39 is 23.5 Å². The van der Waals surface area contributed by atoms with Crippen molar-refractivity contribution in [1.29, 1.82) is 0 Å². The van der Waals surface area contributed by atoms with Gasteiger partial charge in [-0.3, -0.25) is 5.01 Å². The van der Waals surface area contributed by atoms with Crippen LogP contribution in [0.5, 0.6) is 0 Å². The average molecular weight is 221 g/mol. The van der Waals surface area contributed by atoms with Crippen molar-refractivity contribution in [3.63, 3.8) is 0 Å². The van der Waals surface area contributed by atoms with Crippen LogP contribution in [0.2, 0.25) is 0 Å². The van der Waals surface area contributed by atoms with Gasteiger partial charge in [-0.15, -0.1) is 13.2 Å². The van der Waals surface area contributed by atoms with Crippen LogP contribution < -0.4 is 0 Å². The molecule has 9 heteroatoms. The van der Waals surface area contributed by atoms with Gasteiger partial charge >= 0.3 is 12.5 Å². The molecule has 0 aromatic carbocycles. The van der Waals surface area contributed by atoms with Crippen LogP contribution in [-0.2, 0) is 0 Å². The largest absolute Gasteiger partial charge is 0.487 e. The van der Waals surface area contributed by atoms with Crippen molar-refractivity contribution in [2.75, 3.05) is 7.05 Å². The van der Waals surface area contributed by atoms with Crippen molar-refractivity contribution in [3.05, 3.63) is 0 Å². The average Bonchev–Trinajstić information content (AvgIpc) is 2.27. The van der Waals surface area contributed by atoms with Crippen molar-refractivity contribution in [1.82, 2.24) is 9.91 Å². The lowest BCUT2D eigenvalue weighted by atomic mass is 10.4. The summed E-state index contributed by atoms with van der Waals surface area (Å²) in [5.41, 5.74) is 0. The van der Waals surface area contributed by atoms with E-state index in [2.05, 4.69) is 5.10 Å². The van der Waals surface area contributed by atoms with Gasteiger partial charge in [0.1, 0.15) is 6.34 Å². The van der Waals surface area contributed by atoms with Gasteiger partial charge in [0.05, 0.1) is 0 Å². The fourth-order valence-corrected chi connectivity index (χ4v) is 1.02. The van der Waals surface area contributed by atoms with E-state index in [0.29, 0.717) is 0 Å². The summed E-state index contributed by atoms with van der Waals surface area (Å²) in [4.78, 5) is -0.799. The first-order valence-electron chi connectivity index (χ1n) is 3.33. The van der Waals surface area contributed by atoms with Crippen LogP contribution in [-0.4, -0.2) is 41.9 Å². The molecule has 0 aliphatic carbocycles. The number of hydrogen-bond donors (Lipinski definition) is 0. The maximum Gasteiger partial charge on any atom is 0.487 e. The highest BCUT2D eigenvalue weighted by Crippen LogP contribution is 2.35. The zero-order chi connectivity index (χ0) is 11.1. The molecule has 0 saturated heterocycles. The summed E-state index contributed by atoms with van der Waals surface area (Å²) < 4.78 is 72.5. The molecule has 0 fully saturated rings. The Morgan fingerprint density at radius 2 is 1.64 bits per heavy atom. The first kappa shape index (κ1) is 10.9. The molecule has 0 bridgehead atoms. The highest BCUT2D eigenvalue weighted by atomic mass is 19.4. The normalized spacial score (nSPS) is 23.5. The van der Waals surface area contributed by atoms with Gasteiger partial charge in [0, 0.05) is 7.05 Å². The second kappa shape index (κ2) is 2.92. The van der Waals surface area contributed by atoms with E-state index in [9.17, 15) is 26.3 Å². The van der Waals surface area contributed by atoms with E-state index >= 15 is 0 Å². The highest BCUT2D eigenvalue weighted by Gasteiger charge is 2.56. The molecule has 0 N–H and O–H groups in total. The molecule has 1 aliphatic heterocycles. The van der Waals surface area contributed by atoms with Crippen LogP contribution in [0.1, 0.15) is 0 Å². The first-order valence-corrected chi connectivity index (χ1v) is 3.33. The van der Waals surface area contributed by atoms with Gasteiger partial charge in [-0.2, -0.15) is 18.3 Å². The Morgan fingerprint density at radius 3 is 1.93 bits per heavy atom. The standard InChI is InChI=1S/C5H5F6N3/c1-13-3(4(6,7)8)14(2-12-13)5(9,10)11/h2-3H,1H3. The van der Waals surface area contributed by atoms with Gasteiger partial charge in [-0.25, -0.2) is 4.90 Å². The second-order valence-corrected chi connectivity index (χ2v) is 2.59. The van der Waals surface area contributed by atoms with E-state index in [1.54, 1.807) is 0 Å².